The number of nitrogens with zero attached hydrogens (tertiary/aromatic N) is 3. The number of para-hydroxylation sites is 1. The van der Waals surface area contributed by atoms with E-state index >= 15 is 0 Å². The average Bonchev–Trinajstić information content (AvgIpc) is 3.37. The number of aryl methyl sites for hydroxylation is 1. The smallest absolute Gasteiger partial charge is 0.279 e. The Morgan fingerprint density at radius 1 is 1.13 bits per heavy atom. The maximum Gasteiger partial charge on any atom is 0.279 e. The van der Waals surface area contributed by atoms with E-state index in [1.165, 1.54) is 11.3 Å². The molecule has 0 saturated heterocycles. The summed E-state index contributed by atoms with van der Waals surface area (Å²) in [6, 6.07) is 19.8. The summed E-state index contributed by atoms with van der Waals surface area (Å²) in [4.78, 5) is 25.8. The molecule has 0 fully saturated rings. The van der Waals surface area contributed by atoms with Gasteiger partial charge in [-0.25, -0.2) is 4.68 Å². The number of nitriles is 1. The molecule has 4 rings (SSSR count). The van der Waals surface area contributed by atoms with Crippen molar-refractivity contribution in [1.29, 1.82) is 5.26 Å². The van der Waals surface area contributed by atoms with Crippen LogP contribution in [0.3, 0.4) is 0 Å². The third-order valence-corrected chi connectivity index (χ3v) is 5.55. The zero-order valence-electron chi connectivity index (χ0n) is 16.5. The van der Waals surface area contributed by atoms with Gasteiger partial charge >= 0.3 is 0 Å². The van der Waals surface area contributed by atoms with Gasteiger partial charge in [-0.15, -0.1) is 11.3 Å². The fourth-order valence-electron chi connectivity index (χ4n) is 2.90. The molecule has 31 heavy (non-hydrogen) atoms. The lowest BCUT2D eigenvalue weighted by Gasteiger charge is -2.08. The second-order valence-corrected chi connectivity index (χ2v) is 7.62. The van der Waals surface area contributed by atoms with E-state index < -0.39 is 11.8 Å². The van der Waals surface area contributed by atoms with Crippen LogP contribution in [0.4, 0.5) is 0 Å². The molecular formula is C22H17N5O3S. The van der Waals surface area contributed by atoms with Crippen molar-refractivity contribution in [3.8, 4) is 17.5 Å². The molecule has 0 aliphatic carbocycles. The SMILES string of the molecule is Cc1nn(-c2ccccc2)c2sc(C(=O)NNC(=O)COc3ccc(C#N)cc3)cc12. The minimum Gasteiger partial charge on any atom is -0.484 e. The van der Waals surface area contributed by atoms with E-state index in [2.05, 4.69) is 16.0 Å². The summed E-state index contributed by atoms with van der Waals surface area (Å²) in [6.07, 6.45) is 0. The monoisotopic (exact) mass is 431 g/mol. The predicted octanol–water partition coefficient (Wildman–Crippen LogP) is 3.11. The molecular weight excluding hydrogens is 414 g/mol. The average molecular weight is 431 g/mol. The highest BCUT2D eigenvalue weighted by molar-refractivity contribution is 7.20. The Bertz CT molecular complexity index is 1290. The molecule has 2 aromatic carbocycles. The van der Waals surface area contributed by atoms with Gasteiger partial charge < -0.3 is 4.74 Å². The van der Waals surface area contributed by atoms with Gasteiger partial charge in [-0.3, -0.25) is 20.4 Å². The van der Waals surface area contributed by atoms with Crippen molar-refractivity contribution in [2.45, 2.75) is 6.92 Å². The molecule has 0 bridgehead atoms. The van der Waals surface area contributed by atoms with E-state index in [1.807, 2.05) is 43.3 Å². The number of fused-ring (bicyclic) bond motifs is 1. The van der Waals surface area contributed by atoms with Gasteiger partial charge in [0.15, 0.2) is 6.61 Å². The van der Waals surface area contributed by atoms with Crippen molar-refractivity contribution in [3.05, 3.63) is 76.8 Å². The van der Waals surface area contributed by atoms with Crippen molar-refractivity contribution in [2.24, 2.45) is 0 Å². The number of aromatic nitrogens is 2. The molecule has 154 valence electrons. The molecule has 2 heterocycles. The first-order valence-corrected chi connectivity index (χ1v) is 10.1. The Balaban J connectivity index is 1.38. The normalized spacial score (nSPS) is 10.5. The number of hydrazine groups is 1. The largest absolute Gasteiger partial charge is 0.484 e. The maximum atomic E-state index is 12.5. The maximum absolute atomic E-state index is 12.5. The van der Waals surface area contributed by atoms with Gasteiger partial charge in [0.1, 0.15) is 10.6 Å². The summed E-state index contributed by atoms with van der Waals surface area (Å²) in [5, 5.41) is 14.2. The number of benzene rings is 2. The van der Waals surface area contributed by atoms with Crippen molar-refractivity contribution >= 4 is 33.4 Å². The fraction of sp³-hybridized carbons (Fsp3) is 0.0909. The van der Waals surface area contributed by atoms with E-state index in [0.29, 0.717) is 16.2 Å². The number of nitrogens with one attached hydrogen (secondary N) is 2. The zero-order valence-corrected chi connectivity index (χ0v) is 17.3. The Morgan fingerprint density at radius 3 is 2.58 bits per heavy atom. The van der Waals surface area contributed by atoms with Crippen LogP contribution < -0.4 is 15.6 Å². The van der Waals surface area contributed by atoms with Crippen molar-refractivity contribution in [1.82, 2.24) is 20.6 Å². The predicted molar refractivity (Wildman–Crippen MR) is 116 cm³/mol. The van der Waals surface area contributed by atoms with Crippen LogP contribution in [0, 0.1) is 18.3 Å². The molecule has 4 aromatic rings. The third kappa shape index (κ3) is 4.39. The molecule has 2 aromatic heterocycles. The molecule has 8 nitrogen and oxygen atoms in total. The molecule has 2 N–H and O–H groups in total. The molecule has 0 unspecified atom stereocenters. The highest BCUT2D eigenvalue weighted by Gasteiger charge is 2.17. The molecule has 0 radical (unpaired) electrons. The third-order valence-electron chi connectivity index (χ3n) is 4.44. The molecule has 0 aliphatic heterocycles. The Kier molecular flexibility index (Phi) is 5.64. The summed E-state index contributed by atoms with van der Waals surface area (Å²) in [5.41, 5.74) is 6.96. The lowest BCUT2D eigenvalue weighted by Crippen LogP contribution is -2.43. The van der Waals surface area contributed by atoms with Crippen molar-refractivity contribution < 1.29 is 14.3 Å². The fourth-order valence-corrected chi connectivity index (χ4v) is 3.98. The van der Waals surface area contributed by atoms with Gasteiger partial charge in [0.2, 0.25) is 0 Å². The molecule has 0 aliphatic rings. The first-order valence-electron chi connectivity index (χ1n) is 9.32. The minimum atomic E-state index is -0.509. The summed E-state index contributed by atoms with van der Waals surface area (Å²) in [7, 11) is 0. The molecule has 9 heteroatoms. The molecule has 2 amide bonds. The second-order valence-electron chi connectivity index (χ2n) is 6.59. The van der Waals surface area contributed by atoms with Crippen LogP contribution in [-0.4, -0.2) is 28.2 Å². The van der Waals surface area contributed by atoms with Gasteiger partial charge in [0.25, 0.3) is 11.8 Å². The first-order chi connectivity index (χ1) is 15.0. The number of thiophene rings is 1. The van der Waals surface area contributed by atoms with Crippen LogP contribution in [0.5, 0.6) is 5.75 Å². The molecule has 0 atom stereocenters. The molecule has 0 spiro atoms. The van der Waals surface area contributed by atoms with Gasteiger partial charge in [-0.05, 0) is 49.4 Å². The van der Waals surface area contributed by atoms with E-state index in [9.17, 15) is 9.59 Å². The van der Waals surface area contributed by atoms with Crippen LogP contribution in [0.2, 0.25) is 0 Å². The van der Waals surface area contributed by atoms with E-state index in [0.717, 1.165) is 21.6 Å². The van der Waals surface area contributed by atoms with E-state index in [-0.39, 0.29) is 6.61 Å². The number of rotatable bonds is 5. The topological polar surface area (TPSA) is 109 Å². The van der Waals surface area contributed by atoms with Crippen LogP contribution in [0.15, 0.2) is 60.7 Å². The van der Waals surface area contributed by atoms with Crippen LogP contribution in [-0.2, 0) is 4.79 Å². The first kappa shape index (κ1) is 20.1. The van der Waals surface area contributed by atoms with Gasteiger partial charge in [0.05, 0.1) is 27.9 Å². The Morgan fingerprint density at radius 2 is 1.87 bits per heavy atom. The van der Waals surface area contributed by atoms with Crippen LogP contribution >= 0.6 is 11.3 Å². The number of hydrogen-bond acceptors (Lipinski definition) is 6. The lowest BCUT2D eigenvalue weighted by atomic mass is 10.2. The summed E-state index contributed by atoms with van der Waals surface area (Å²) in [5.74, 6) is -0.483. The standard InChI is InChI=1S/C22H17N5O3S/c1-14-18-11-19(31-22(18)27(26-14)16-5-3-2-4-6-16)21(29)25-24-20(28)13-30-17-9-7-15(12-23)8-10-17/h2-11H,13H2,1H3,(H,24,28)(H,25,29). The second kappa shape index (κ2) is 8.69. The number of carbonyl (C=O) groups is 2. The zero-order chi connectivity index (χ0) is 21.8. The Labute approximate surface area is 181 Å². The highest BCUT2D eigenvalue weighted by atomic mass is 32.1. The number of carbonyl (C=O) groups excluding carboxylic acids is 2. The van der Waals surface area contributed by atoms with Crippen LogP contribution in [0.25, 0.3) is 15.9 Å². The van der Waals surface area contributed by atoms with Crippen molar-refractivity contribution in [3.63, 3.8) is 0 Å². The van der Waals surface area contributed by atoms with Gasteiger partial charge in [-0.1, -0.05) is 18.2 Å². The van der Waals surface area contributed by atoms with E-state index in [4.69, 9.17) is 10.00 Å². The summed E-state index contributed by atoms with van der Waals surface area (Å²) >= 11 is 1.29. The highest BCUT2D eigenvalue weighted by Crippen LogP contribution is 2.30. The number of ether oxygens (including phenoxy) is 1. The molecule has 0 saturated carbocycles. The quantitative estimate of drug-likeness (QED) is 0.472. The van der Waals surface area contributed by atoms with E-state index in [1.54, 1.807) is 35.0 Å². The van der Waals surface area contributed by atoms with Crippen molar-refractivity contribution in [2.75, 3.05) is 6.61 Å². The summed E-state index contributed by atoms with van der Waals surface area (Å²) < 4.78 is 7.14. The summed E-state index contributed by atoms with van der Waals surface area (Å²) in [6.45, 7) is 1.61. The number of hydrogen-bond donors (Lipinski definition) is 2. The van der Waals surface area contributed by atoms with Crippen LogP contribution in [0.1, 0.15) is 20.9 Å². The Hall–Kier alpha value is -4.16. The minimum absolute atomic E-state index is 0.277. The van der Waals surface area contributed by atoms with Gasteiger partial charge in [0, 0.05) is 5.39 Å². The lowest BCUT2D eigenvalue weighted by molar-refractivity contribution is -0.123. The number of amides is 2. The van der Waals surface area contributed by atoms with Gasteiger partial charge in [-0.2, -0.15) is 10.4 Å².